The monoisotopic (exact) mass is 433 g/mol. The lowest BCUT2D eigenvalue weighted by molar-refractivity contribution is 0.387. The molecule has 0 amide bonds. The van der Waals surface area contributed by atoms with Crippen molar-refractivity contribution < 1.29 is 4.52 Å². The summed E-state index contributed by atoms with van der Waals surface area (Å²) in [5.74, 6) is 1.88. The van der Waals surface area contributed by atoms with E-state index in [1.165, 1.54) is 0 Å². The minimum Gasteiger partial charge on any atom is -0.357 e. The molecule has 0 aliphatic heterocycles. The zero-order valence-corrected chi connectivity index (χ0v) is 16.5. The summed E-state index contributed by atoms with van der Waals surface area (Å²) in [5.41, 5.74) is 3.29. The molecule has 0 saturated heterocycles. The van der Waals surface area contributed by atoms with Crippen molar-refractivity contribution in [2.45, 2.75) is 40.8 Å². The van der Waals surface area contributed by atoms with Gasteiger partial charge in [-0.05, 0) is 20.8 Å². The van der Waals surface area contributed by atoms with Gasteiger partial charge in [-0.15, -0.1) is 24.0 Å². The van der Waals surface area contributed by atoms with E-state index in [4.69, 9.17) is 4.52 Å². The second-order valence-corrected chi connectivity index (χ2v) is 5.05. The topological polar surface area (TPSA) is 93.2 Å². The number of hydrogen-bond acceptors (Lipinski definition) is 5. The molecule has 2 heterocycles. The molecule has 0 aliphatic carbocycles. The Kier molecular flexibility index (Phi) is 7.46. The van der Waals surface area contributed by atoms with Gasteiger partial charge in [0.1, 0.15) is 0 Å². The normalized spacial score (nSPS) is 11.3. The van der Waals surface area contributed by atoms with Crippen LogP contribution in [0.3, 0.4) is 0 Å². The zero-order chi connectivity index (χ0) is 16.1. The van der Waals surface area contributed by atoms with Crippen molar-refractivity contribution in [3.05, 3.63) is 28.7 Å². The van der Waals surface area contributed by atoms with E-state index in [2.05, 4.69) is 30.9 Å². The third-order valence-electron chi connectivity index (χ3n) is 3.38. The van der Waals surface area contributed by atoms with Gasteiger partial charge in [0, 0.05) is 31.8 Å². The molecule has 9 heteroatoms. The van der Waals surface area contributed by atoms with E-state index in [0.717, 1.165) is 23.5 Å². The average Bonchev–Trinajstić information content (AvgIpc) is 2.99. The van der Waals surface area contributed by atoms with Gasteiger partial charge in [0.25, 0.3) is 0 Å². The average molecular weight is 433 g/mol. The summed E-state index contributed by atoms with van der Waals surface area (Å²) in [5, 5.41) is 14.7. The highest BCUT2D eigenvalue weighted by molar-refractivity contribution is 14.0. The maximum Gasteiger partial charge on any atom is 0.223 e. The van der Waals surface area contributed by atoms with Crippen LogP contribution < -0.4 is 10.6 Å². The third-order valence-corrected chi connectivity index (χ3v) is 3.38. The highest BCUT2D eigenvalue weighted by Crippen LogP contribution is 2.12. The van der Waals surface area contributed by atoms with Gasteiger partial charge >= 0.3 is 0 Å². The maximum absolute atomic E-state index is 4.95. The van der Waals surface area contributed by atoms with E-state index in [1.807, 2.05) is 32.5 Å². The number of nitrogens with zero attached hydrogens (tertiary/aromatic N) is 5. The Morgan fingerprint density at radius 3 is 2.52 bits per heavy atom. The summed E-state index contributed by atoms with van der Waals surface area (Å²) in [6, 6.07) is 0. The molecule has 0 fully saturated rings. The van der Waals surface area contributed by atoms with Crippen LogP contribution in [0.5, 0.6) is 0 Å². The Labute approximate surface area is 153 Å². The summed E-state index contributed by atoms with van der Waals surface area (Å²) >= 11 is 0. The molecule has 128 valence electrons. The number of rotatable bonds is 5. The number of halogens is 1. The molecule has 0 unspecified atom stereocenters. The summed E-state index contributed by atoms with van der Waals surface area (Å²) in [7, 11) is 1.94. The minimum absolute atomic E-state index is 0. The number of hydrogen-bond donors (Lipinski definition) is 2. The van der Waals surface area contributed by atoms with Crippen LogP contribution in [0.25, 0.3) is 0 Å². The Morgan fingerprint density at radius 1 is 1.26 bits per heavy atom. The first-order valence-corrected chi connectivity index (χ1v) is 7.31. The fourth-order valence-electron chi connectivity index (χ4n) is 2.12. The molecular formula is C14H24IN7O. The molecule has 0 saturated carbocycles. The third kappa shape index (κ3) is 5.19. The van der Waals surface area contributed by atoms with Crippen LogP contribution in [0.1, 0.15) is 35.6 Å². The van der Waals surface area contributed by atoms with Gasteiger partial charge in [-0.3, -0.25) is 4.68 Å². The van der Waals surface area contributed by atoms with E-state index >= 15 is 0 Å². The number of aromatic nitrogens is 4. The SMILES string of the molecule is CCNC(=NCc1c(C)nn(C)c1C)NCc1noc(C)n1.I. The van der Waals surface area contributed by atoms with E-state index in [1.54, 1.807) is 6.92 Å². The highest BCUT2D eigenvalue weighted by Gasteiger charge is 2.09. The molecule has 0 aromatic carbocycles. The van der Waals surface area contributed by atoms with E-state index in [9.17, 15) is 0 Å². The van der Waals surface area contributed by atoms with E-state index in [-0.39, 0.29) is 24.0 Å². The first-order valence-electron chi connectivity index (χ1n) is 7.31. The van der Waals surface area contributed by atoms with Gasteiger partial charge in [-0.1, -0.05) is 5.16 Å². The van der Waals surface area contributed by atoms with Crippen molar-refractivity contribution in [2.75, 3.05) is 6.54 Å². The minimum atomic E-state index is 0. The second kappa shape index (κ2) is 8.85. The van der Waals surface area contributed by atoms with Crippen molar-refractivity contribution in [3.63, 3.8) is 0 Å². The molecule has 2 N–H and O–H groups in total. The standard InChI is InChI=1S/C14H23N7O.HI/c1-6-15-14(17-8-13-18-11(4)22-20-13)16-7-12-9(2)19-21(5)10(12)3;/h6-8H2,1-5H3,(H2,15,16,17);1H. The molecular weight excluding hydrogens is 409 g/mol. The predicted octanol–water partition coefficient (Wildman–Crippen LogP) is 1.60. The molecule has 8 nitrogen and oxygen atoms in total. The van der Waals surface area contributed by atoms with Crippen LogP contribution in [-0.2, 0) is 20.1 Å². The lowest BCUT2D eigenvalue weighted by Crippen LogP contribution is -2.37. The van der Waals surface area contributed by atoms with Crippen LogP contribution in [-0.4, -0.2) is 32.4 Å². The number of aryl methyl sites for hydroxylation is 3. The lowest BCUT2D eigenvalue weighted by Gasteiger charge is -2.09. The summed E-state index contributed by atoms with van der Waals surface area (Å²) in [6.07, 6.45) is 0. The van der Waals surface area contributed by atoms with Crippen LogP contribution >= 0.6 is 24.0 Å². The molecule has 0 spiro atoms. The van der Waals surface area contributed by atoms with Gasteiger partial charge in [-0.25, -0.2) is 4.99 Å². The summed E-state index contributed by atoms with van der Waals surface area (Å²) in [6.45, 7) is 9.66. The largest absolute Gasteiger partial charge is 0.357 e. The molecule has 23 heavy (non-hydrogen) atoms. The summed E-state index contributed by atoms with van der Waals surface area (Å²) < 4.78 is 6.83. The van der Waals surface area contributed by atoms with Crippen molar-refractivity contribution in [2.24, 2.45) is 12.0 Å². The van der Waals surface area contributed by atoms with Gasteiger partial charge < -0.3 is 15.2 Å². The molecule has 2 aromatic heterocycles. The van der Waals surface area contributed by atoms with Crippen LogP contribution in [0.4, 0.5) is 0 Å². The quantitative estimate of drug-likeness (QED) is 0.423. The van der Waals surface area contributed by atoms with Crippen molar-refractivity contribution in [1.82, 2.24) is 30.6 Å². The molecule has 2 aromatic rings. The molecule has 2 rings (SSSR count). The highest BCUT2D eigenvalue weighted by atomic mass is 127. The van der Waals surface area contributed by atoms with Gasteiger partial charge in [-0.2, -0.15) is 10.1 Å². The van der Waals surface area contributed by atoms with Gasteiger partial charge in [0.2, 0.25) is 5.89 Å². The van der Waals surface area contributed by atoms with Crippen LogP contribution in [0.2, 0.25) is 0 Å². The molecule has 0 aliphatic rings. The van der Waals surface area contributed by atoms with Crippen molar-refractivity contribution >= 4 is 29.9 Å². The Hall–Kier alpha value is -1.65. The zero-order valence-electron chi connectivity index (χ0n) is 14.2. The van der Waals surface area contributed by atoms with E-state index < -0.39 is 0 Å². The van der Waals surface area contributed by atoms with E-state index in [0.29, 0.717) is 30.8 Å². The van der Waals surface area contributed by atoms with Gasteiger partial charge in [0.05, 0.1) is 18.8 Å². The summed E-state index contributed by atoms with van der Waals surface area (Å²) in [4.78, 5) is 8.75. The van der Waals surface area contributed by atoms with Gasteiger partial charge in [0.15, 0.2) is 11.8 Å². The van der Waals surface area contributed by atoms with Crippen molar-refractivity contribution in [3.8, 4) is 0 Å². The Balaban J connectivity index is 0.00000264. The molecule has 0 bridgehead atoms. The smallest absolute Gasteiger partial charge is 0.223 e. The predicted molar refractivity (Wildman–Crippen MR) is 98.8 cm³/mol. The number of nitrogens with one attached hydrogen (secondary N) is 2. The lowest BCUT2D eigenvalue weighted by atomic mass is 10.2. The molecule has 0 radical (unpaired) electrons. The molecule has 0 atom stereocenters. The first-order chi connectivity index (χ1) is 10.5. The fraction of sp³-hybridized carbons (Fsp3) is 0.571. The number of aliphatic imine (C=N–C) groups is 1. The number of guanidine groups is 1. The second-order valence-electron chi connectivity index (χ2n) is 5.05. The van der Waals surface area contributed by atoms with Crippen LogP contribution in [0.15, 0.2) is 9.52 Å². The Morgan fingerprint density at radius 2 is 2.00 bits per heavy atom. The fourth-order valence-corrected chi connectivity index (χ4v) is 2.12. The Bertz CT molecular complexity index is 662. The maximum atomic E-state index is 4.95. The van der Waals surface area contributed by atoms with Crippen LogP contribution in [0, 0.1) is 20.8 Å². The first kappa shape index (κ1) is 19.4. The van der Waals surface area contributed by atoms with Crippen molar-refractivity contribution in [1.29, 1.82) is 0 Å².